The van der Waals surface area contributed by atoms with Crippen molar-refractivity contribution in [2.24, 2.45) is 10.2 Å². The molecular formula is C20H19N3O5S. The number of carbonyl (C=O) groups is 2. The smallest absolute Gasteiger partial charge is 0.305 e. The van der Waals surface area contributed by atoms with Gasteiger partial charge in [0.1, 0.15) is 11.9 Å². The number of nitrogens with one attached hydrogen (secondary N) is 1. The van der Waals surface area contributed by atoms with Crippen LogP contribution in [0.1, 0.15) is 17.5 Å². The van der Waals surface area contributed by atoms with Gasteiger partial charge in [-0.1, -0.05) is 42.1 Å². The van der Waals surface area contributed by atoms with Crippen LogP contribution in [0.15, 0.2) is 58.7 Å². The minimum Gasteiger partial charge on any atom is -0.493 e. The van der Waals surface area contributed by atoms with E-state index in [1.165, 1.54) is 6.21 Å². The first-order valence-corrected chi connectivity index (χ1v) is 9.58. The predicted molar refractivity (Wildman–Crippen MR) is 111 cm³/mol. The highest BCUT2D eigenvalue weighted by molar-refractivity contribution is 8.15. The maximum Gasteiger partial charge on any atom is 0.305 e. The monoisotopic (exact) mass is 413 g/mol. The molecule has 0 aliphatic carbocycles. The first kappa shape index (κ1) is 20.4. The normalized spacial score (nSPS) is 17.5. The SMILES string of the molecule is COc1ccc(/C=N\N=C2/NC(=O)[C@@H](CC(=O)O)S2)cc1OCc1ccccc1. The Morgan fingerprint density at radius 2 is 2.03 bits per heavy atom. The number of carbonyl (C=O) groups excluding carboxylic acids is 1. The molecule has 0 unspecified atom stereocenters. The zero-order chi connectivity index (χ0) is 20.6. The summed E-state index contributed by atoms with van der Waals surface area (Å²) >= 11 is 1.05. The minimum absolute atomic E-state index is 0.264. The summed E-state index contributed by atoms with van der Waals surface area (Å²) in [5.41, 5.74) is 1.76. The number of hydrogen-bond acceptors (Lipinski definition) is 7. The van der Waals surface area contributed by atoms with Crippen molar-refractivity contribution in [1.82, 2.24) is 5.32 Å². The van der Waals surface area contributed by atoms with Crippen molar-refractivity contribution in [2.45, 2.75) is 18.3 Å². The molecule has 1 fully saturated rings. The fourth-order valence-electron chi connectivity index (χ4n) is 2.51. The van der Waals surface area contributed by atoms with Crippen LogP contribution in [0.5, 0.6) is 11.5 Å². The molecule has 0 aromatic heterocycles. The Morgan fingerprint density at radius 1 is 1.24 bits per heavy atom. The Kier molecular flexibility index (Phi) is 6.85. The number of benzene rings is 2. The molecule has 0 bridgehead atoms. The number of carboxylic acids is 1. The second-order valence-electron chi connectivity index (χ2n) is 6.03. The Labute approximate surface area is 171 Å². The number of nitrogens with zero attached hydrogens (tertiary/aromatic N) is 2. The average Bonchev–Trinajstić information content (AvgIpc) is 3.05. The van der Waals surface area contributed by atoms with E-state index in [0.717, 1.165) is 22.9 Å². The number of methoxy groups -OCH3 is 1. The molecule has 3 rings (SSSR count). The molecule has 1 saturated heterocycles. The molecule has 9 heteroatoms. The molecule has 8 nitrogen and oxygen atoms in total. The van der Waals surface area contributed by atoms with E-state index >= 15 is 0 Å². The van der Waals surface area contributed by atoms with Gasteiger partial charge in [-0.15, -0.1) is 5.10 Å². The van der Waals surface area contributed by atoms with Crippen LogP contribution >= 0.6 is 11.8 Å². The third kappa shape index (κ3) is 5.82. The topological polar surface area (TPSA) is 110 Å². The summed E-state index contributed by atoms with van der Waals surface area (Å²) < 4.78 is 11.2. The number of rotatable bonds is 8. The summed E-state index contributed by atoms with van der Waals surface area (Å²) in [4.78, 5) is 22.4. The maximum atomic E-state index is 11.7. The Balaban J connectivity index is 1.66. The van der Waals surface area contributed by atoms with Gasteiger partial charge >= 0.3 is 5.97 Å². The van der Waals surface area contributed by atoms with E-state index in [1.54, 1.807) is 25.3 Å². The quantitative estimate of drug-likeness (QED) is 0.509. The third-order valence-electron chi connectivity index (χ3n) is 3.92. The molecule has 2 N–H and O–H groups in total. The lowest BCUT2D eigenvalue weighted by Crippen LogP contribution is -2.26. The van der Waals surface area contributed by atoms with Crippen LogP contribution in [0.4, 0.5) is 0 Å². The summed E-state index contributed by atoms with van der Waals surface area (Å²) in [5.74, 6) is -0.256. The molecule has 0 spiro atoms. The number of amidine groups is 1. The van der Waals surface area contributed by atoms with Gasteiger partial charge in [0, 0.05) is 0 Å². The van der Waals surface area contributed by atoms with Gasteiger partial charge in [-0.3, -0.25) is 9.59 Å². The van der Waals surface area contributed by atoms with Crippen molar-refractivity contribution in [2.75, 3.05) is 7.11 Å². The number of hydrogen-bond donors (Lipinski definition) is 2. The van der Waals surface area contributed by atoms with E-state index in [0.29, 0.717) is 18.1 Å². The third-order valence-corrected chi connectivity index (χ3v) is 4.99. The number of aliphatic carboxylic acids is 1. The van der Waals surface area contributed by atoms with Gasteiger partial charge in [0.05, 0.1) is 19.7 Å². The summed E-state index contributed by atoms with van der Waals surface area (Å²) in [6, 6.07) is 15.1. The molecule has 29 heavy (non-hydrogen) atoms. The van der Waals surface area contributed by atoms with Crippen LogP contribution in [-0.4, -0.2) is 40.7 Å². The fourth-order valence-corrected chi connectivity index (χ4v) is 3.43. The van der Waals surface area contributed by atoms with E-state index in [2.05, 4.69) is 15.5 Å². The number of thioether (sulfide) groups is 1. The van der Waals surface area contributed by atoms with Crippen LogP contribution in [0.2, 0.25) is 0 Å². The molecule has 1 aliphatic heterocycles. The van der Waals surface area contributed by atoms with E-state index < -0.39 is 11.2 Å². The van der Waals surface area contributed by atoms with E-state index in [4.69, 9.17) is 14.6 Å². The Bertz CT molecular complexity index is 946. The zero-order valence-electron chi connectivity index (χ0n) is 15.6. The molecule has 1 atom stereocenters. The van der Waals surface area contributed by atoms with Crippen molar-refractivity contribution in [3.05, 3.63) is 59.7 Å². The van der Waals surface area contributed by atoms with Crippen LogP contribution in [-0.2, 0) is 16.2 Å². The van der Waals surface area contributed by atoms with Crippen LogP contribution in [0.3, 0.4) is 0 Å². The van der Waals surface area contributed by atoms with Crippen molar-refractivity contribution in [1.29, 1.82) is 0 Å². The summed E-state index contributed by atoms with van der Waals surface area (Å²) in [5, 5.41) is 18.8. The van der Waals surface area contributed by atoms with Gasteiger partial charge in [0.15, 0.2) is 16.7 Å². The number of amides is 1. The van der Waals surface area contributed by atoms with Gasteiger partial charge in [0.25, 0.3) is 0 Å². The molecule has 2 aromatic carbocycles. The van der Waals surface area contributed by atoms with Crippen molar-refractivity contribution < 1.29 is 24.2 Å². The molecular weight excluding hydrogens is 394 g/mol. The van der Waals surface area contributed by atoms with Crippen LogP contribution in [0, 0.1) is 0 Å². The lowest BCUT2D eigenvalue weighted by Gasteiger charge is -2.11. The highest BCUT2D eigenvalue weighted by atomic mass is 32.2. The van der Waals surface area contributed by atoms with Gasteiger partial charge in [-0.2, -0.15) is 5.10 Å². The first-order valence-electron chi connectivity index (χ1n) is 8.70. The molecule has 1 aliphatic rings. The second-order valence-corrected chi connectivity index (χ2v) is 7.22. The Hall–Kier alpha value is -3.33. The molecule has 2 aromatic rings. The molecule has 0 radical (unpaired) electrons. The molecule has 0 saturated carbocycles. The minimum atomic E-state index is -1.04. The summed E-state index contributed by atoms with van der Waals surface area (Å²) in [6.45, 7) is 0.397. The molecule has 150 valence electrons. The summed E-state index contributed by atoms with van der Waals surface area (Å²) in [6.07, 6.45) is 1.25. The van der Waals surface area contributed by atoms with Gasteiger partial charge in [-0.25, -0.2) is 0 Å². The van der Waals surface area contributed by atoms with Gasteiger partial charge in [0.2, 0.25) is 5.91 Å². The van der Waals surface area contributed by atoms with E-state index in [9.17, 15) is 9.59 Å². The van der Waals surface area contributed by atoms with Gasteiger partial charge in [-0.05, 0) is 29.3 Å². The van der Waals surface area contributed by atoms with E-state index in [1.807, 2.05) is 30.3 Å². The number of ether oxygens (including phenoxy) is 2. The van der Waals surface area contributed by atoms with E-state index in [-0.39, 0.29) is 17.5 Å². The van der Waals surface area contributed by atoms with Gasteiger partial charge < -0.3 is 19.9 Å². The maximum absolute atomic E-state index is 11.7. The highest BCUT2D eigenvalue weighted by Crippen LogP contribution is 2.28. The predicted octanol–water partition coefficient (Wildman–Crippen LogP) is 2.67. The molecule has 1 amide bonds. The molecule has 1 heterocycles. The standard InChI is InChI=1S/C20H19N3O5S/c1-27-15-8-7-14(9-16(15)28-12-13-5-3-2-4-6-13)11-21-23-20-22-19(26)17(29-20)10-18(24)25/h2-9,11,17H,10,12H2,1H3,(H,24,25)(H,22,23,26)/b21-11-/t17-/m1/s1. The van der Waals surface area contributed by atoms with Crippen molar-refractivity contribution in [3.8, 4) is 11.5 Å². The summed E-state index contributed by atoms with van der Waals surface area (Å²) in [7, 11) is 1.57. The lowest BCUT2D eigenvalue weighted by atomic mass is 10.2. The number of carboxylic acid groups (broad SMARTS) is 1. The van der Waals surface area contributed by atoms with Crippen LogP contribution < -0.4 is 14.8 Å². The average molecular weight is 413 g/mol. The fraction of sp³-hybridized carbons (Fsp3) is 0.200. The first-order chi connectivity index (χ1) is 14.0. The second kappa shape index (κ2) is 9.74. The largest absolute Gasteiger partial charge is 0.493 e. The van der Waals surface area contributed by atoms with Crippen molar-refractivity contribution in [3.63, 3.8) is 0 Å². The van der Waals surface area contributed by atoms with Crippen LogP contribution in [0.25, 0.3) is 0 Å². The highest BCUT2D eigenvalue weighted by Gasteiger charge is 2.32. The Morgan fingerprint density at radius 3 is 2.76 bits per heavy atom. The lowest BCUT2D eigenvalue weighted by molar-refractivity contribution is -0.138. The van der Waals surface area contributed by atoms with Crippen molar-refractivity contribution >= 4 is 35.0 Å². The zero-order valence-corrected chi connectivity index (χ0v) is 16.4.